The average Bonchev–Trinajstić information content (AvgIpc) is 3.87. The molecule has 2 aliphatic rings. The second-order valence-corrected chi connectivity index (χ2v) is 20.1. The summed E-state index contributed by atoms with van der Waals surface area (Å²) in [4.78, 5) is 0. The van der Waals surface area contributed by atoms with Gasteiger partial charge in [0.2, 0.25) is 0 Å². The molecular formula is C59H58Cl2F6Zr-2. The summed E-state index contributed by atoms with van der Waals surface area (Å²) in [5, 5.41) is 0. The normalized spacial score (nSPS) is 13.7. The molecule has 0 heterocycles. The van der Waals surface area contributed by atoms with Gasteiger partial charge in [-0.25, -0.2) is 6.08 Å². The standard InChI is InChI=1S/C31H29.C15H8F6.C13H21.2ClH.Zr/c1-18-11-20(3)30(21(4)12-18)24-7-9-28-26(15-24)17-27-16-25(8-10-29(27)28)31-22(5)13-19(2)14-23(31)6;16-14(17,18)12-5-1-3-10(8-12)7-11-4-2-6-13(9-11)15(19,20)21;1-5-6-7-11-8-9-12(10-11)13(2,3)4;;;/h7-15H,17H2,1-6H3;1-6,8-9H;9-11H,5-7H2,1-4H3;2*1H;/q-1;;-1;;;+2/p-2. The van der Waals surface area contributed by atoms with Gasteiger partial charge in [0.05, 0.1) is 0 Å². The van der Waals surface area contributed by atoms with Crippen LogP contribution in [0.25, 0.3) is 33.4 Å². The van der Waals surface area contributed by atoms with Crippen molar-refractivity contribution in [2.24, 2.45) is 11.3 Å². The van der Waals surface area contributed by atoms with Gasteiger partial charge in [0, 0.05) is 0 Å². The van der Waals surface area contributed by atoms with Crippen molar-refractivity contribution in [2.45, 2.75) is 107 Å². The van der Waals surface area contributed by atoms with Gasteiger partial charge in [0.15, 0.2) is 0 Å². The predicted molar refractivity (Wildman–Crippen MR) is 257 cm³/mol. The summed E-state index contributed by atoms with van der Waals surface area (Å²) >= 11 is 0.729. The number of hydrogen-bond acceptors (Lipinski definition) is 0. The fourth-order valence-corrected chi connectivity index (χ4v) is 9.87. The molecule has 0 aromatic heterocycles. The number of aryl methyl sites for hydroxylation is 6. The van der Waals surface area contributed by atoms with Crippen molar-refractivity contribution >= 4 is 3.21 Å². The van der Waals surface area contributed by atoms with Crippen LogP contribution < -0.4 is 24.8 Å². The van der Waals surface area contributed by atoms with Gasteiger partial charge >= 0.3 is 137 Å². The van der Waals surface area contributed by atoms with E-state index < -0.39 is 23.5 Å². The van der Waals surface area contributed by atoms with Crippen LogP contribution in [0, 0.1) is 65.0 Å². The molecule has 0 nitrogen and oxygen atoms in total. The Morgan fingerprint density at radius 1 is 0.632 bits per heavy atom. The first kappa shape index (κ1) is 56.3. The Balaban J connectivity index is 0.000000239. The molecule has 0 aliphatic heterocycles. The first-order chi connectivity index (χ1) is 30.9. The Morgan fingerprint density at radius 2 is 1.13 bits per heavy atom. The number of unbranched alkanes of at least 4 members (excludes halogenated alkanes) is 1. The van der Waals surface area contributed by atoms with E-state index in [0.717, 1.165) is 54.9 Å². The Kier molecular flexibility index (Phi) is 19.1. The van der Waals surface area contributed by atoms with Crippen molar-refractivity contribution in [3.63, 3.8) is 0 Å². The molecule has 68 heavy (non-hydrogen) atoms. The van der Waals surface area contributed by atoms with Crippen molar-refractivity contribution in [3.8, 4) is 33.4 Å². The predicted octanol–water partition coefficient (Wildman–Crippen LogP) is 11.2. The third-order valence-corrected chi connectivity index (χ3v) is 13.6. The van der Waals surface area contributed by atoms with E-state index in [1.165, 1.54) is 127 Å². The topological polar surface area (TPSA) is 0 Å². The molecule has 0 bridgehead atoms. The molecular weight excluding hydrogens is 985 g/mol. The van der Waals surface area contributed by atoms with Crippen LogP contribution in [0.5, 0.6) is 0 Å². The molecule has 0 amide bonds. The maximum Gasteiger partial charge on any atom is -1.00 e. The Morgan fingerprint density at radius 3 is 1.60 bits per heavy atom. The molecule has 6 aromatic carbocycles. The molecule has 0 radical (unpaired) electrons. The number of fused-ring (bicyclic) bond motifs is 3. The van der Waals surface area contributed by atoms with Gasteiger partial charge < -0.3 is 24.8 Å². The van der Waals surface area contributed by atoms with E-state index in [2.05, 4.69) is 148 Å². The zero-order chi connectivity index (χ0) is 48.3. The van der Waals surface area contributed by atoms with Crippen LogP contribution in [-0.4, -0.2) is 3.21 Å². The van der Waals surface area contributed by atoms with Crippen molar-refractivity contribution in [3.05, 3.63) is 200 Å². The molecule has 6 aromatic rings. The first-order valence-corrected chi connectivity index (χ1v) is 23.8. The van der Waals surface area contributed by atoms with E-state index in [0.29, 0.717) is 14.5 Å². The van der Waals surface area contributed by atoms with Crippen molar-refractivity contribution in [2.75, 3.05) is 0 Å². The van der Waals surface area contributed by atoms with Crippen LogP contribution >= 0.6 is 0 Å². The molecule has 356 valence electrons. The van der Waals surface area contributed by atoms with Crippen LogP contribution in [0.3, 0.4) is 0 Å². The summed E-state index contributed by atoms with van der Waals surface area (Å²) in [6.45, 7) is 22.3. The minimum absolute atomic E-state index is 0. The third-order valence-electron chi connectivity index (χ3n) is 12.2. The van der Waals surface area contributed by atoms with Gasteiger partial charge in [-0.3, -0.25) is 6.08 Å². The Labute approximate surface area is 427 Å². The Hall–Kier alpha value is -4.29. The summed E-state index contributed by atoms with van der Waals surface area (Å²) in [5.41, 5.74) is 19.3. The molecule has 0 saturated heterocycles. The van der Waals surface area contributed by atoms with Crippen molar-refractivity contribution < 1.29 is 75.4 Å². The van der Waals surface area contributed by atoms with E-state index in [1.54, 1.807) is 0 Å². The van der Waals surface area contributed by atoms with Crippen molar-refractivity contribution in [1.82, 2.24) is 0 Å². The second kappa shape index (κ2) is 23.1. The van der Waals surface area contributed by atoms with Crippen LogP contribution in [0.1, 0.15) is 114 Å². The van der Waals surface area contributed by atoms with E-state index in [4.69, 9.17) is 0 Å². The quantitative estimate of drug-likeness (QED) is 0.110. The maximum atomic E-state index is 12.7. The monoisotopic (exact) mass is 1040 g/mol. The SMILES string of the molecule is CCCCC1[C-]=CC(C(C)(C)C)=C1.Cc1cc(C)c(-c2[c-]c3c(cc2)-c2ccc(-c4c(C)cc(C)cc4C)cc2C3)c(C)c1.FC(F)(F)c1cccc([C](=[Zr+2])c2cccc(C(F)(F)F)c2)c1.[Cl-].[Cl-]. The second-order valence-electron chi connectivity index (χ2n) is 18.8. The van der Waals surface area contributed by atoms with Crippen LogP contribution in [0.4, 0.5) is 26.3 Å². The van der Waals surface area contributed by atoms with E-state index in [1.807, 2.05) is 0 Å². The van der Waals surface area contributed by atoms with E-state index in [9.17, 15) is 26.3 Å². The number of alkyl halides is 6. The molecule has 1 atom stereocenters. The summed E-state index contributed by atoms with van der Waals surface area (Å²) < 4.78 is 76.7. The summed E-state index contributed by atoms with van der Waals surface area (Å²) in [7, 11) is 0. The number of halogens is 8. The zero-order valence-corrected chi connectivity index (χ0v) is 44.4. The maximum absolute atomic E-state index is 12.7. The van der Waals surface area contributed by atoms with Gasteiger partial charge in [-0.1, -0.05) is 140 Å². The van der Waals surface area contributed by atoms with Crippen LogP contribution in [-0.2, 0) is 43.0 Å². The third kappa shape index (κ3) is 13.7. The fourth-order valence-electron chi connectivity index (χ4n) is 9.10. The smallest absolute Gasteiger partial charge is 1.00 e. The number of benzene rings is 6. The largest absolute Gasteiger partial charge is 1.00 e. The summed E-state index contributed by atoms with van der Waals surface area (Å²) in [5.74, 6) is 0.592. The molecule has 0 spiro atoms. The van der Waals surface area contributed by atoms with Crippen molar-refractivity contribution in [1.29, 1.82) is 0 Å². The van der Waals surface area contributed by atoms with Crippen LogP contribution in [0.2, 0.25) is 0 Å². The molecule has 0 N–H and O–H groups in total. The number of hydrogen-bond donors (Lipinski definition) is 0. The minimum Gasteiger partial charge on any atom is -1.00 e. The number of rotatable bonds is 7. The van der Waals surface area contributed by atoms with Gasteiger partial charge in [0.25, 0.3) is 0 Å². The van der Waals surface area contributed by atoms with E-state index in [-0.39, 0.29) is 35.9 Å². The molecule has 0 saturated carbocycles. The zero-order valence-electron chi connectivity index (χ0n) is 40.4. The number of allylic oxidation sites excluding steroid dienone is 4. The van der Waals surface area contributed by atoms with E-state index >= 15 is 0 Å². The molecule has 1 unspecified atom stereocenters. The molecule has 8 rings (SSSR count). The molecule has 0 fully saturated rings. The van der Waals surface area contributed by atoms with Gasteiger partial charge in [-0.2, -0.15) is 11.6 Å². The molecule has 2 aliphatic carbocycles. The fraction of sp³-hybridized carbons (Fsp3) is 0.305. The first-order valence-electron chi connectivity index (χ1n) is 22.5. The average molecular weight is 1040 g/mol. The summed E-state index contributed by atoms with van der Waals surface area (Å²) in [6, 6.07) is 33.6. The summed E-state index contributed by atoms with van der Waals surface area (Å²) in [6.07, 6.45) is 3.86. The van der Waals surface area contributed by atoms with Gasteiger partial charge in [-0.05, 0) is 75.8 Å². The Bertz CT molecular complexity index is 2610. The van der Waals surface area contributed by atoms with Crippen LogP contribution in [0.15, 0.2) is 121 Å². The minimum atomic E-state index is -4.49. The molecule has 9 heteroatoms. The van der Waals surface area contributed by atoms with Gasteiger partial charge in [-0.15, -0.1) is 29.3 Å². The van der Waals surface area contributed by atoms with Gasteiger partial charge in [0.1, 0.15) is 0 Å².